The van der Waals surface area contributed by atoms with Crippen molar-refractivity contribution in [3.8, 4) is 0 Å². The molecular weight excluding hydrogens is 184 g/mol. The number of carbonyl (C=O) groups is 2. The van der Waals surface area contributed by atoms with Crippen molar-refractivity contribution >= 4 is 11.9 Å². The Hall–Kier alpha value is -1.10. The van der Waals surface area contributed by atoms with E-state index in [-0.39, 0.29) is 24.8 Å². The van der Waals surface area contributed by atoms with Crippen molar-refractivity contribution in [2.75, 3.05) is 13.6 Å². The van der Waals surface area contributed by atoms with Gasteiger partial charge in [0.15, 0.2) is 0 Å². The number of hydrogen-bond acceptors (Lipinski definition) is 3. The van der Waals surface area contributed by atoms with Crippen LogP contribution in [-0.2, 0) is 9.59 Å². The van der Waals surface area contributed by atoms with Gasteiger partial charge in [0.05, 0.1) is 12.5 Å². The Morgan fingerprint density at radius 3 is 2.29 bits per heavy atom. The van der Waals surface area contributed by atoms with Gasteiger partial charge in [0.25, 0.3) is 0 Å². The Labute approximate surface area is 83.9 Å². The monoisotopic (exact) mass is 202 g/mol. The number of nitrogens with zero attached hydrogens (tertiary/aromatic N) is 1. The van der Waals surface area contributed by atoms with Gasteiger partial charge in [-0.15, -0.1) is 0 Å². The van der Waals surface area contributed by atoms with Crippen LogP contribution in [0.5, 0.6) is 0 Å². The molecule has 14 heavy (non-hydrogen) atoms. The molecule has 0 aliphatic rings. The normalized spacial score (nSPS) is 12.6. The second-order valence-electron chi connectivity index (χ2n) is 3.67. The lowest BCUT2D eigenvalue weighted by Gasteiger charge is -2.22. The largest absolute Gasteiger partial charge is 0.481 e. The molecule has 0 unspecified atom stereocenters. The first kappa shape index (κ1) is 12.9. The molecule has 0 fully saturated rings. The number of nitrogens with two attached hydrogens (primary N) is 1. The van der Waals surface area contributed by atoms with Gasteiger partial charge >= 0.3 is 5.97 Å². The average Bonchev–Trinajstić information content (AvgIpc) is 2.11. The quantitative estimate of drug-likeness (QED) is 0.652. The number of carbonyl (C=O) groups excluding carboxylic acids is 1. The van der Waals surface area contributed by atoms with Crippen molar-refractivity contribution in [2.24, 2.45) is 11.7 Å². The minimum atomic E-state index is -0.914. The van der Waals surface area contributed by atoms with Gasteiger partial charge in [0, 0.05) is 13.6 Å². The Balaban J connectivity index is 4.05. The second-order valence-corrected chi connectivity index (χ2v) is 3.67. The smallest absolute Gasteiger partial charge is 0.305 e. The van der Waals surface area contributed by atoms with Crippen LogP contribution < -0.4 is 5.73 Å². The highest BCUT2D eigenvalue weighted by Crippen LogP contribution is 2.02. The molecular formula is C9H18N2O3. The summed E-state index contributed by atoms with van der Waals surface area (Å²) in [5.74, 6) is -1.06. The van der Waals surface area contributed by atoms with Gasteiger partial charge in [-0.25, -0.2) is 0 Å². The zero-order valence-corrected chi connectivity index (χ0v) is 8.86. The lowest BCUT2D eigenvalue weighted by molar-refractivity contribution is -0.138. The fourth-order valence-electron chi connectivity index (χ4n) is 0.913. The number of rotatable bonds is 5. The predicted octanol–water partition coefficient (Wildman–Crippen LogP) is -0.0972. The van der Waals surface area contributed by atoms with Gasteiger partial charge in [0.1, 0.15) is 0 Å². The molecule has 0 aromatic rings. The number of hydrogen-bond donors (Lipinski definition) is 2. The van der Waals surface area contributed by atoms with Crippen LogP contribution in [0.15, 0.2) is 0 Å². The molecule has 1 atom stereocenters. The van der Waals surface area contributed by atoms with Gasteiger partial charge in [-0.05, 0) is 5.92 Å². The Morgan fingerprint density at radius 1 is 1.43 bits per heavy atom. The van der Waals surface area contributed by atoms with Crippen molar-refractivity contribution in [3.63, 3.8) is 0 Å². The van der Waals surface area contributed by atoms with Crippen molar-refractivity contribution in [3.05, 3.63) is 0 Å². The zero-order chi connectivity index (χ0) is 11.3. The fraction of sp³-hybridized carbons (Fsp3) is 0.778. The molecule has 0 saturated carbocycles. The molecule has 3 N–H and O–H groups in total. The maximum atomic E-state index is 11.5. The van der Waals surface area contributed by atoms with E-state index in [1.807, 2.05) is 13.8 Å². The minimum absolute atomic E-state index is 0.0486. The van der Waals surface area contributed by atoms with Crippen LogP contribution in [0.4, 0.5) is 0 Å². The lowest BCUT2D eigenvalue weighted by atomic mass is 10.0. The average molecular weight is 202 g/mol. The summed E-state index contributed by atoms with van der Waals surface area (Å²) in [7, 11) is 1.56. The molecule has 0 radical (unpaired) electrons. The van der Waals surface area contributed by atoms with E-state index in [0.29, 0.717) is 0 Å². The maximum absolute atomic E-state index is 11.5. The number of carboxylic acid groups (broad SMARTS) is 1. The van der Waals surface area contributed by atoms with E-state index >= 15 is 0 Å². The van der Waals surface area contributed by atoms with E-state index in [9.17, 15) is 9.59 Å². The summed E-state index contributed by atoms with van der Waals surface area (Å²) in [6.07, 6.45) is -0.0486. The molecule has 5 nitrogen and oxygen atoms in total. The molecule has 0 aromatic carbocycles. The van der Waals surface area contributed by atoms with Crippen LogP contribution in [0, 0.1) is 5.92 Å². The molecule has 0 saturated heterocycles. The molecule has 0 heterocycles. The number of carboxylic acids is 1. The van der Waals surface area contributed by atoms with Gasteiger partial charge < -0.3 is 15.7 Å². The summed E-state index contributed by atoms with van der Waals surface area (Å²) in [4.78, 5) is 23.1. The molecule has 0 aromatic heterocycles. The van der Waals surface area contributed by atoms with Crippen LogP contribution >= 0.6 is 0 Å². The Morgan fingerprint density at radius 2 is 1.93 bits per heavy atom. The fourth-order valence-corrected chi connectivity index (χ4v) is 0.913. The van der Waals surface area contributed by atoms with E-state index in [1.54, 1.807) is 7.05 Å². The van der Waals surface area contributed by atoms with Crippen LogP contribution in [0.2, 0.25) is 0 Å². The number of likely N-dealkylation sites (N-methyl/N-ethyl adjacent to an activating group) is 1. The lowest BCUT2D eigenvalue weighted by Crippen LogP contribution is -2.45. The minimum Gasteiger partial charge on any atom is -0.481 e. The molecule has 82 valence electrons. The van der Waals surface area contributed by atoms with Gasteiger partial charge in [-0.2, -0.15) is 0 Å². The first-order chi connectivity index (χ1) is 6.36. The second kappa shape index (κ2) is 5.59. The van der Waals surface area contributed by atoms with Crippen molar-refractivity contribution in [1.82, 2.24) is 4.90 Å². The molecule has 1 amide bonds. The summed E-state index contributed by atoms with van der Waals surface area (Å²) in [5.41, 5.74) is 5.63. The number of aliphatic carboxylic acids is 1. The van der Waals surface area contributed by atoms with Crippen LogP contribution in [0.3, 0.4) is 0 Å². The third-order valence-electron chi connectivity index (χ3n) is 2.04. The van der Waals surface area contributed by atoms with E-state index < -0.39 is 12.0 Å². The Kier molecular flexibility index (Phi) is 5.15. The van der Waals surface area contributed by atoms with E-state index in [4.69, 9.17) is 10.8 Å². The first-order valence-corrected chi connectivity index (χ1v) is 4.58. The van der Waals surface area contributed by atoms with E-state index in [2.05, 4.69) is 0 Å². The molecule has 0 spiro atoms. The summed E-state index contributed by atoms with van der Waals surface area (Å²) in [5, 5.41) is 8.42. The molecule has 0 bridgehead atoms. The van der Waals surface area contributed by atoms with Crippen molar-refractivity contribution in [2.45, 2.75) is 26.3 Å². The van der Waals surface area contributed by atoms with Gasteiger partial charge in [-0.1, -0.05) is 13.8 Å². The van der Waals surface area contributed by atoms with E-state index in [0.717, 1.165) is 0 Å². The highest BCUT2D eigenvalue weighted by atomic mass is 16.4. The first-order valence-electron chi connectivity index (χ1n) is 4.58. The third-order valence-corrected chi connectivity index (χ3v) is 2.04. The van der Waals surface area contributed by atoms with Gasteiger partial charge in [-0.3, -0.25) is 9.59 Å². The third kappa shape index (κ3) is 4.23. The highest BCUT2D eigenvalue weighted by Gasteiger charge is 2.20. The van der Waals surface area contributed by atoms with Gasteiger partial charge in [0.2, 0.25) is 5.91 Å². The maximum Gasteiger partial charge on any atom is 0.305 e. The zero-order valence-electron chi connectivity index (χ0n) is 8.86. The number of amides is 1. The summed E-state index contributed by atoms with van der Waals surface area (Å²) < 4.78 is 0. The van der Waals surface area contributed by atoms with E-state index in [1.165, 1.54) is 4.90 Å². The topological polar surface area (TPSA) is 83.6 Å². The standard InChI is InChI=1S/C9H18N2O3/c1-6(2)8(10)9(14)11(3)5-4-7(12)13/h6,8H,4-5,10H2,1-3H3,(H,12,13)/t8-/m0/s1. The van der Waals surface area contributed by atoms with Crippen molar-refractivity contribution < 1.29 is 14.7 Å². The molecule has 0 rings (SSSR count). The van der Waals surface area contributed by atoms with Crippen LogP contribution in [0.1, 0.15) is 20.3 Å². The predicted molar refractivity (Wildman–Crippen MR) is 52.7 cm³/mol. The SMILES string of the molecule is CC(C)[C@H](N)C(=O)N(C)CCC(=O)O. The molecule has 0 aliphatic heterocycles. The molecule has 0 aliphatic carbocycles. The Bertz CT molecular complexity index is 216. The highest BCUT2D eigenvalue weighted by molar-refractivity contribution is 5.82. The van der Waals surface area contributed by atoms with Crippen molar-refractivity contribution in [1.29, 1.82) is 0 Å². The summed E-state index contributed by atoms with van der Waals surface area (Å²) >= 11 is 0. The molecule has 5 heteroatoms. The summed E-state index contributed by atoms with van der Waals surface area (Å²) in [6, 6.07) is -0.547. The van der Waals surface area contributed by atoms with Crippen LogP contribution in [0.25, 0.3) is 0 Å². The summed E-state index contributed by atoms with van der Waals surface area (Å²) in [6.45, 7) is 3.91. The van der Waals surface area contributed by atoms with Crippen LogP contribution in [-0.4, -0.2) is 41.5 Å².